The molecule has 4 rings (SSSR count). The lowest BCUT2D eigenvalue weighted by Crippen LogP contribution is -2.42. The quantitative estimate of drug-likeness (QED) is 0.493. The maximum atomic E-state index is 13.3. The Morgan fingerprint density at radius 1 is 0.968 bits per heavy atom. The zero-order valence-corrected chi connectivity index (χ0v) is 17.1. The number of anilines is 1. The highest BCUT2D eigenvalue weighted by Gasteiger charge is 2.50. The lowest BCUT2D eigenvalue weighted by molar-refractivity contribution is -0.133. The van der Waals surface area contributed by atoms with E-state index < -0.39 is 29.9 Å². The van der Waals surface area contributed by atoms with Crippen LogP contribution in [0.15, 0.2) is 66.7 Å². The van der Waals surface area contributed by atoms with E-state index >= 15 is 0 Å². The van der Waals surface area contributed by atoms with Crippen LogP contribution in [0.1, 0.15) is 29.8 Å². The second-order valence-electron chi connectivity index (χ2n) is 7.62. The summed E-state index contributed by atoms with van der Waals surface area (Å²) in [6.45, 7) is 2.58. The average molecular weight is 415 g/mol. The Labute approximate surface area is 179 Å². The third-order valence-electron chi connectivity index (χ3n) is 5.49. The van der Waals surface area contributed by atoms with Crippen molar-refractivity contribution >= 4 is 40.1 Å². The highest BCUT2D eigenvalue weighted by Crippen LogP contribution is 2.33. The smallest absolute Gasteiger partial charge is 0.324 e. The van der Waals surface area contributed by atoms with Crippen LogP contribution in [0.3, 0.4) is 0 Å². The summed E-state index contributed by atoms with van der Waals surface area (Å²) in [7, 11) is 0. The molecule has 156 valence electrons. The minimum Gasteiger partial charge on any atom is -0.324 e. The Hall–Kier alpha value is -4.00. The van der Waals surface area contributed by atoms with Gasteiger partial charge in [0.2, 0.25) is 5.91 Å². The number of rotatable bonds is 5. The van der Waals surface area contributed by atoms with Crippen molar-refractivity contribution in [1.29, 1.82) is 0 Å². The number of carbonyl (C=O) groups excluding carboxylic acids is 4. The summed E-state index contributed by atoms with van der Waals surface area (Å²) < 4.78 is 0. The molecule has 1 aliphatic rings. The van der Waals surface area contributed by atoms with Gasteiger partial charge in [-0.1, -0.05) is 54.6 Å². The molecule has 1 heterocycles. The summed E-state index contributed by atoms with van der Waals surface area (Å²) in [4.78, 5) is 51.1. The van der Waals surface area contributed by atoms with Crippen LogP contribution in [-0.4, -0.2) is 35.1 Å². The number of para-hydroxylation sites is 1. The molecule has 0 aliphatic carbocycles. The number of carbonyl (C=O) groups is 4. The molecule has 0 radical (unpaired) electrons. The first-order valence-electron chi connectivity index (χ1n) is 9.83. The molecule has 4 amide bonds. The minimum atomic E-state index is -1.30. The number of hydrogen-bond donors (Lipinski definition) is 2. The summed E-state index contributed by atoms with van der Waals surface area (Å²) in [5.41, 5.74) is 0.0569. The molecule has 2 N–H and O–H groups in total. The molecule has 1 saturated heterocycles. The first-order valence-corrected chi connectivity index (χ1v) is 9.83. The van der Waals surface area contributed by atoms with Crippen molar-refractivity contribution in [2.24, 2.45) is 0 Å². The van der Waals surface area contributed by atoms with E-state index in [1.807, 2.05) is 36.4 Å². The van der Waals surface area contributed by atoms with E-state index in [0.29, 0.717) is 16.8 Å². The number of hydrogen-bond acceptors (Lipinski definition) is 4. The largest absolute Gasteiger partial charge is 0.325 e. The molecule has 3 aromatic carbocycles. The van der Waals surface area contributed by atoms with E-state index in [9.17, 15) is 19.2 Å². The van der Waals surface area contributed by atoms with E-state index in [-0.39, 0.29) is 5.78 Å². The number of amides is 4. The van der Waals surface area contributed by atoms with Gasteiger partial charge in [0.1, 0.15) is 12.1 Å². The number of imide groups is 1. The number of ketones is 1. The third kappa shape index (κ3) is 3.54. The molecule has 0 bridgehead atoms. The maximum Gasteiger partial charge on any atom is 0.325 e. The van der Waals surface area contributed by atoms with Crippen molar-refractivity contribution in [2.75, 3.05) is 11.9 Å². The van der Waals surface area contributed by atoms with Gasteiger partial charge in [-0.25, -0.2) is 4.79 Å². The van der Waals surface area contributed by atoms with Gasteiger partial charge in [-0.15, -0.1) is 0 Å². The second kappa shape index (κ2) is 7.68. The number of nitrogens with zero attached hydrogens (tertiary/aromatic N) is 1. The third-order valence-corrected chi connectivity index (χ3v) is 5.49. The molecule has 0 aromatic heterocycles. The van der Waals surface area contributed by atoms with Crippen LogP contribution in [0.5, 0.6) is 0 Å². The minimum absolute atomic E-state index is 0.200. The molecule has 7 nitrogen and oxygen atoms in total. The number of nitrogens with one attached hydrogen (secondary N) is 2. The van der Waals surface area contributed by atoms with Crippen LogP contribution in [0, 0.1) is 0 Å². The number of Topliss-reactive ketones (excluding diaryl/α,β-unsaturated/α-hetero) is 1. The van der Waals surface area contributed by atoms with Crippen molar-refractivity contribution in [3.63, 3.8) is 0 Å². The normalized spacial score (nSPS) is 18.2. The summed E-state index contributed by atoms with van der Waals surface area (Å²) >= 11 is 0. The Balaban J connectivity index is 1.59. The molecule has 1 aliphatic heterocycles. The van der Waals surface area contributed by atoms with Crippen LogP contribution < -0.4 is 10.6 Å². The zero-order chi connectivity index (χ0) is 22.2. The van der Waals surface area contributed by atoms with E-state index in [4.69, 9.17) is 0 Å². The molecule has 31 heavy (non-hydrogen) atoms. The fourth-order valence-corrected chi connectivity index (χ4v) is 3.92. The van der Waals surface area contributed by atoms with Gasteiger partial charge in [0.25, 0.3) is 5.91 Å². The van der Waals surface area contributed by atoms with E-state index in [1.54, 1.807) is 37.3 Å². The van der Waals surface area contributed by atoms with E-state index in [0.717, 1.165) is 15.7 Å². The fourth-order valence-electron chi connectivity index (χ4n) is 3.92. The molecule has 1 fully saturated rings. The van der Waals surface area contributed by atoms with Crippen LogP contribution in [-0.2, 0) is 15.1 Å². The maximum absolute atomic E-state index is 13.3. The first-order chi connectivity index (χ1) is 14.8. The van der Waals surface area contributed by atoms with Gasteiger partial charge in [-0.05, 0) is 42.3 Å². The van der Waals surface area contributed by atoms with Crippen LogP contribution in [0.2, 0.25) is 0 Å². The Kier molecular flexibility index (Phi) is 5.02. The molecule has 3 aromatic rings. The van der Waals surface area contributed by atoms with Gasteiger partial charge in [0, 0.05) is 5.56 Å². The van der Waals surface area contributed by atoms with Crippen LogP contribution >= 0.6 is 0 Å². The van der Waals surface area contributed by atoms with E-state index in [1.165, 1.54) is 6.92 Å². The number of benzene rings is 3. The van der Waals surface area contributed by atoms with Gasteiger partial charge >= 0.3 is 6.03 Å². The molecule has 1 atom stereocenters. The van der Waals surface area contributed by atoms with Crippen molar-refractivity contribution < 1.29 is 19.2 Å². The Morgan fingerprint density at radius 2 is 1.65 bits per heavy atom. The van der Waals surface area contributed by atoms with Gasteiger partial charge in [-0.2, -0.15) is 0 Å². The zero-order valence-electron chi connectivity index (χ0n) is 17.1. The summed E-state index contributed by atoms with van der Waals surface area (Å²) in [5, 5.41) is 7.16. The Morgan fingerprint density at radius 3 is 2.42 bits per heavy atom. The fraction of sp³-hybridized carbons (Fsp3) is 0.167. The summed E-state index contributed by atoms with van der Waals surface area (Å²) in [6, 6.07) is 19.1. The molecule has 0 spiro atoms. The average Bonchev–Trinajstić information content (AvgIpc) is 2.97. The Bertz CT molecular complexity index is 1230. The predicted octanol–water partition coefficient (Wildman–Crippen LogP) is 3.45. The van der Waals surface area contributed by atoms with Crippen molar-refractivity contribution in [3.05, 3.63) is 77.9 Å². The first kappa shape index (κ1) is 20.3. The highest BCUT2D eigenvalue weighted by atomic mass is 16.2. The van der Waals surface area contributed by atoms with Crippen molar-refractivity contribution in [3.8, 4) is 0 Å². The van der Waals surface area contributed by atoms with Crippen molar-refractivity contribution in [2.45, 2.75) is 19.4 Å². The molecular weight excluding hydrogens is 394 g/mol. The van der Waals surface area contributed by atoms with Gasteiger partial charge in [0.05, 0.1) is 5.69 Å². The van der Waals surface area contributed by atoms with Gasteiger partial charge in [-0.3, -0.25) is 19.3 Å². The lowest BCUT2D eigenvalue weighted by Gasteiger charge is -2.24. The van der Waals surface area contributed by atoms with E-state index in [2.05, 4.69) is 10.6 Å². The van der Waals surface area contributed by atoms with Gasteiger partial charge < -0.3 is 10.6 Å². The van der Waals surface area contributed by atoms with Crippen LogP contribution in [0.25, 0.3) is 10.8 Å². The molecular formula is C24H21N3O4. The summed E-state index contributed by atoms with van der Waals surface area (Å²) in [6.07, 6.45) is 0. The topological polar surface area (TPSA) is 95.6 Å². The lowest BCUT2D eigenvalue weighted by atomic mass is 9.88. The SMILES string of the molecule is CC(=O)c1ccccc1NC(=O)CN1C(=O)N[C@](C)(c2cccc3ccccc23)C1=O. The number of fused-ring (bicyclic) bond motifs is 1. The second-order valence-corrected chi connectivity index (χ2v) is 7.62. The number of urea groups is 1. The predicted molar refractivity (Wildman–Crippen MR) is 117 cm³/mol. The van der Waals surface area contributed by atoms with Crippen LogP contribution in [0.4, 0.5) is 10.5 Å². The molecule has 0 unspecified atom stereocenters. The molecule has 7 heteroatoms. The standard InChI is InChI=1S/C24H21N3O4/c1-15(28)17-10-5-6-13-20(17)25-21(29)14-27-22(30)24(2,26-23(27)31)19-12-7-9-16-8-3-4-11-18(16)19/h3-13H,14H2,1-2H3,(H,25,29)(H,26,31)/t24-/m1/s1. The summed E-state index contributed by atoms with van der Waals surface area (Å²) in [5.74, 6) is -1.28. The van der Waals surface area contributed by atoms with Crippen molar-refractivity contribution in [1.82, 2.24) is 10.2 Å². The highest BCUT2D eigenvalue weighted by molar-refractivity contribution is 6.12. The monoisotopic (exact) mass is 415 g/mol. The van der Waals surface area contributed by atoms with Gasteiger partial charge in [0.15, 0.2) is 5.78 Å². The molecule has 0 saturated carbocycles.